The summed E-state index contributed by atoms with van der Waals surface area (Å²) in [4.78, 5) is 16.7. The number of hydrogen-bond donors (Lipinski definition) is 2. The van der Waals surface area contributed by atoms with Crippen LogP contribution in [0.2, 0.25) is 0 Å². The van der Waals surface area contributed by atoms with E-state index in [1.807, 2.05) is 36.4 Å². The zero-order chi connectivity index (χ0) is 20.1. The number of benzene rings is 2. The van der Waals surface area contributed by atoms with Crippen LogP contribution in [0.1, 0.15) is 42.3 Å². The Morgan fingerprint density at radius 1 is 1.00 bits per heavy atom. The standard InChI is InChI=1S/C23H22N4O/c1-23(2,3)18-8-10-19(11-9-18)27-22(28)17-12-20(15-25-14-17)26-21-7-5-4-6-16(21)13-24/h4-12,14-15,26H,1-3H3,(H,27,28). The van der Waals surface area contributed by atoms with Crippen molar-refractivity contribution in [2.24, 2.45) is 0 Å². The summed E-state index contributed by atoms with van der Waals surface area (Å²) in [7, 11) is 0. The molecule has 0 atom stereocenters. The molecule has 0 bridgehead atoms. The van der Waals surface area contributed by atoms with E-state index in [2.05, 4.69) is 42.5 Å². The molecule has 0 radical (unpaired) electrons. The van der Waals surface area contributed by atoms with Gasteiger partial charge in [-0.3, -0.25) is 9.78 Å². The molecule has 1 aromatic heterocycles. The van der Waals surface area contributed by atoms with E-state index in [0.29, 0.717) is 22.5 Å². The maximum absolute atomic E-state index is 12.6. The minimum Gasteiger partial charge on any atom is -0.353 e. The van der Waals surface area contributed by atoms with Crippen LogP contribution in [0.15, 0.2) is 67.0 Å². The van der Waals surface area contributed by atoms with E-state index in [1.54, 1.807) is 24.4 Å². The minimum atomic E-state index is -0.242. The van der Waals surface area contributed by atoms with Gasteiger partial charge in [-0.15, -0.1) is 0 Å². The number of hydrogen-bond acceptors (Lipinski definition) is 4. The van der Waals surface area contributed by atoms with Gasteiger partial charge in [0.15, 0.2) is 0 Å². The second-order valence-corrected chi connectivity index (χ2v) is 7.53. The summed E-state index contributed by atoms with van der Waals surface area (Å²) in [6.07, 6.45) is 3.13. The third-order valence-corrected chi connectivity index (χ3v) is 4.34. The average Bonchev–Trinajstić information content (AvgIpc) is 2.68. The predicted molar refractivity (Wildman–Crippen MR) is 112 cm³/mol. The summed E-state index contributed by atoms with van der Waals surface area (Å²) >= 11 is 0. The number of para-hydroxylation sites is 1. The molecule has 1 heterocycles. The number of carbonyl (C=O) groups is 1. The lowest BCUT2D eigenvalue weighted by molar-refractivity contribution is 0.102. The third-order valence-electron chi connectivity index (χ3n) is 4.34. The van der Waals surface area contributed by atoms with Crippen molar-refractivity contribution in [3.05, 3.63) is 83.7 Å². The first-order valence-corrected chi connectivity index (χ1v) is 9.00. The number of amides is 1. The summed E-state index contributed by atoms with van der Waals surface area (Å²) in [5.74, 6) is -0.242. The highest BCUT2D eigenvalue weighted by molar-refractivity contribution is 6.04. The molecule has 0 aliphatic carbocycles. The molecule has 0 aliphatic heterocycles. The average molecular weight is 370 g/mol. The molecule has 3 rings (SSSR count). The van der Waals surface area contributed by atoms with Gasteiger partial charge < -0.3 is 10.6 Å². The van der Waals surface area contributed by atoms with E-state index in [-0.39, 0.29) is 11.3 Å². The quantitative estimate of drug-likeness (QED) is 0.658. The summed E-state index contributed by atoms with van der Waals surface area (Å²) in [5, 5.41) is 15.2. The lowest BCUT2D eigenvalue weighted by Gasteiger charge is -2.19. The van der Waals surface area contributed by atoms with E-state index < -0.39 is 0 Å². The van der Waals surface area contributed by atoms with Crippen LogP contribution in [-0.2, 0) is 5.41 Å². The van der Waals surface area contributed by atoms with Crippen molar-refractivity contribution >= 4 is 23.0 Å². The Morgan fingerprint density at radius 2 is 1.71 bits per heavy atom. The van der Waals surface area contributed by atoms with Gasteiger partial charge in [0.1, 0.15) is 6.07 Å². The molecule has 0 fully saturated rings. The topological polar surface area (TPSA) is 77.8 Å². The highest BCUT2D eigenvalue weighted by Crippen LogP contribution is 2.24. The lowest BCUT2D eigenvalue weighted by Crippen LogP contribution is -2.14. The number of anilines is 3. The third kappa shape index (κ3) is 4.54. The fraction of sp³-hybridized carbons (Fsp3) is 0.174. The smallest absolute Gasteiger partial charge is 0.257 e. The monoisotopic (exact) mass is 370 g/mol. The van der Waals surface area contributed by atoms with Crippen LogP contribution < -0.4 is 10.6 Å². The van der Waals surface area contributed by atoms with E-state index in [4.69, 9.17) is 0 Å². The van der Waals surface area contributed by atoms with Gasteiger partial charge in [0, 0.05) is 11.9 Å². The van der Waals surface area contributed by atoms with Gasteiger partial charge in [-0.25, -0.2) is 0 Å². The van der Waals surface area contributed by atoms with Crippen molar-refractivity contribution in [2.75, 3.05) is 10.6 Å². The maximum Gasteiger partial charge on any atom is 0.257 e. The fourth-order valence-corrected chi connectivity index (χ4v) is 2.73. The summed E-state index contributed by atoms with van der Waals surface area (Å²) in [5.41, 5.74) is 4.25. The Bertz CT molecular complexity index is 1030. The van der Waals surface area contributed by atoms with E-state index in [1.165, 1.54) is 11.8 Å². The van der Waals surface area contributed by atoms with Crippen molar-refractivity contribution in [2.45, 2.75) is 26.2 Å². The number of nitrogens with one attached hydrogen (secondary N) is 2. The largest absolute Gasteiger partial charge is 0.353 e. The first-order chi connectivity index (χ1) is 13.4. The number of pyridine rings is 1. The van der Waals surface area contributed by atoms with Crippen LogP contribution in [0.4, 0.5) is 17.1 Å². The molecular weight excluding hydrogens is 348 g/mol. The molecule has 5 heteroatoms. The van der Waals surface area contributed by atoms with Crippen molar-refractivity contribution in [3.63, 3.8) is 0 Å². The van der Waals surface area contributed by atoms with Gasteiger partial charge in [0.2, 0.25) is 0 Å². The Hall–Kier alpha value is -3.65. The van der Waals surface area contributed by atoms with E-state index in [0.717, 1.165) is 5.69 Å². The van der Waals surface area contributed by atoms with Gasteiger partial charge >= 0.3 is 0 Å². The second-order valence-electron chi connectivity index (χ2n) is 7.53. The van der Waals surface area contributed by atoms with Crippen LogP contribution in [0, 0.1) is 11.3 Å². The molecule has 0 unspecified atom stereocenters. The van der Waals surface area contributed by atoms with Gasteiger partial charge in [0.25, 0.3) is 5.91 Å². The van der Waals surface area contributed by atoms with Crippen LogP contribution in [0.25, 0.3) is 0 Å². The predicted octanol–water partition coefficient (Wildman–Crippen LogP) is 5.25. The van der Waals surface area contributed by atoms with E-state index >= 15 is 0 Å². The maximum atomic E-state index is 12.6. The summed E-state index contributed by atoms with van der Waals surface area (Å²) in [6.45, 7) is 6.44. The van der Waals surface area contributed by atoms with Crippen molar-refractivity contribution in [3.8, 4) is 6.07 Å². The Morgan fingerprint density at radius 3 is 2.39 bits per heavy atom. The molecule has 140 valence electrons. The van der Waals surface area contributed by atoms with Gasteiger partial charge in [-0.05, 0) is 41.3 Å². The molecular formula is C23H22N4O. The van der Waals surface area contributed by atoms with Gasteiger partial charge in [-0.1, -0.05) is 45.0 Å². The summed E-state index contributed by atoms with van der Waals surface area (Å²) in [6, 6.07) is 18.9. The summed E-state index contributed by atoms with van der Waals surface area (Å²) < 4.78 is 0. The van der Waals surface area contributed by atoms with Crippen molar-refractivity contribution in [1.82, 2.24) is 4.98 Å². The Labute approximate surface area is 165 Å². The van der Waals surface area contributed by atoms with Crippen LogP contribution in [-0.4, -0.2) is 10.9 Å². The molecule has 0 aliphatic rings. The normalized spacial score (nSPS) is 10.8. The number of rotatable bonds is 4. The highest BCUT2D eigenvalue weighted by atomic mass is 16.1. The molecule has 0 spiro atoms. The zero-order valence-electron chi connectivity index (χ0n) is 16.2. The zero-order valence-corrected chi connectivity index (χ0v) is 16.2. The Balaban J connectivity index is 1.74. The molecule has 1 amide bonds. The van der Waals surface area contributed by atoms with Crippen LogP contribution in [0.5, 0.6) is 0 Å². The molecule has 28 heavy (non-hydrogen) atoms. The van der Waals surface area contributed by atoms with E-state index in [9.17, 15) is 10.1 Å². The van der Waals surface area contributed by atoms with Crippen LogP contribution >= 0.6 is 0 Å². The first kappa shape index (κ1) is 19.1. The van der Waals surface area contributed by atoms with Gasteiger partial charge in [0.05, 0.1) is 28.7 Å². The Kier molecular flexibility index (Phi) is 5.42. The number of nitriles is 1. The number of carbonyl (C=O) groups excluding carboxylic acids is 1. The second kappa shape index (κ2) is 7.93. The molecule has 0 saturated heterocycles. The van der Waals surface area contributed by atoms with Gasteiger partial charge in [-0.2, -0.15) is 5.26 Å². The lowest BCUT2D eigenvalue weighted by atomic mass is 9.87. The first-order valence-electron chi connectivity index (χ1n) is 9.00. The molecule has 2 aromatic carbocycles. The molecule has 0 saturated carbocycles. The SMILES string of the molecule is CC(C)(C)c1ccc(NC(=O)c2cncc(Nc3ccccc3C#N)c2)cc1. The van der Waals surface area contributed by atoms with Crippen molar-refractivity contribution < 1.29 is 4.79 Å². The minimum absolute atomic E-state index is 0.0617. The molecule has 3 aromatic rings. The molecule has 5 nitrogen and oxygen atoms in total. The molecule has 2 N–H and O–H groups in total. The van der Waals surface area contributed by atoms with Crippen molar-refractivity contribution in [1.29, 1.82) is 5.26 Å². The fourth-order valence-electron chi connectivity index (χ4n) is 2.73. The highest BCUT2D eigenvalue weighted by Gasteiger charge is 2.14. The van der Waals surface area contributed by atoms with Crippen LogP contribution in [0.3, 0.4) is 0 Å². The number of aromatic nitrogens is 1. The number of nitrogens with zero attached hydrogens (tertiary/aromatic N) is 2.